The van der Waals surface area contributed by atoms with E-state index >= 15 is 0 Å². The maximum absolute atomic E-state index is 12.8. The smallest absolute Gasteiger partial charge is 0.417 e. The minimum Gasteiger partial charge on any atom is -0.497 e. The lowest BCUT2D eigenvalue weighted by Crippen LogP contribution is -2.35. The summed E-state index contributed by atoms with van der Waals surface area (Å²) in [4.78, 5) is 28.8. The number of alkyl halides is 3. The molecule has 0 fully saturated rings. The highest BCUT2D eigenvalue weighted by atomic mass is 19.4. The number of methoxy groups -OCH3 is 1. The quantitative estimate of drug-likeness (QED) is 0.486. The average molecular weight is 475 g/mol. The number of pyridine rings is 1. The number of rotatable bonds is 8. The van der Waals surface area contributed by atoms with Crippen molar-refractivity contribution in [3.63, 3.8) is 0 Å². The third-order valence-corrected chi connectivity index (χ3v) is 4.92. The van der Waals surface area contributed by atoms with Crippen molar-refractivity contribution >= 4 is 11.8 Å². The summed E-state index contributed by atoms with van der Waals surface area (Å²) in [7, 11) is 1.51. The average Bonchev–Trinajstić information content (AvgIpc) is 3.27. The Kier molecular flexibility index (Phi) is 7.54. The summed E-state index contributed by atoms with van der Waals surface area (Å²) in [6.45, 7) is 4.02. The van der Waals surface area contributed by atoms with E-state index in [0.717, 1.165) is 12.3 Å². The van der Waals surface area contributed by atoms with E-state index in [2.05, 4.69) is 20.7 Å². The highest BCUT2D eigenvalue weighted by Gasteiger charge is 2.31. The molecule has 0 aliphatic rings. The Balaban J connectivity index is 1.65. The molecule has 0 spiro atoms. The Labute approximate surface area is 194 Å². The van der Waals surface area contributed by atoms with Crippen LogP contribution >= 0.6 is 0 Å². The van der Waals surface area contributed by atoms with Crippen LogP contribution in [-0.4, -0.2) is 46.8 Å². The summed E-state index contributed by atoms with van der Waals surface area (Å²) in [6, 6.07) is 8.80. The summed E-state index contributed by atoms with van der Waals surface area (Å²) in [6.07, 6.45) is -2.42. The Bertz CT molecular complexity index is 1160. The van der Waals surface area contributed by atoms with E-state index in [9.17, 15) is 22.8 Å². The number of nitrogens with zero attached hydrogens (tertiary/aromatic N) is 3. The van der Waals surface area contributed by atoms with Crippen LogP contribution in [-0.2, 0) is 6.18 Å². The summed E-state index contributed by atoms with van der Waals surface area (Å²) in [5.74, 6) is -0.169. The van der Waals surface area contributed by atoms with Crippen molar-refractivity contribution in [2.24, 2.45) is 0 Å². The molecular weight excluding hydrogens is 451 g/mol. The molecule has 2 aromatic heterocycles. The van der Waals surface area contributed by atoms with Crippen molar-refractivity contribution in [3.05, 3.63) is 71.2 Å². The van der Waals surface area contributed by atoms with Gasteiger partial charge in [-0.1, -0.05) is 19.9 Å². The number of benzene rings is 1. The summed E-state index contributed by atoms with van der Waals surface area (Å²) in [5.41, 5.74) is 0.336. The Morgan fingerprint density at radius 2 is 1.76 bits per heavy atom. The second-order valence-electron chi connectivity index (χ2n) is 7.66. The zero-order valence-electron chi connectivity index (χ0n) is 18.8. The van der Waals surface area contributed by atoms with Crippen LogP contribution in [0.5, 0.6) is 5.75 Å². The van der Waals surface area contributed by atoms with Gasteiger partial charge in [-0.2, -0.15) is 18.3 Å². The normalized spacial score (nSPS) is 11.4. The van der Waals surface area contributed by atoms with Crippen LogP contribution in [0, 0.1) is 0 Å². The molecule has 3 rings (SSSR count). The molecule has 0 bridgehead atoms. The number of hydrogen-bond donors (Lipinski definition) is 2. The molecule has 2 N–H and O–H groups in total. The first-order valence-electron chi connectivity index (χ1n) is 10.4. The Morgan fingerprint density at radius 1 is 1.06 bits per heavy atom. The van der Waals surface area contributed by atoms with E-state index in [0.29, 0.717) is 17.0 Å². The molecule has 0 radical (unpaired) electrons. The SMILES string of the molecule is COc1cccc(C(=O)NCCNC(=O)c2cnn(-c3ccc(C(F)(F)F)cn3)c2C(C)C)c1. The number of amides is 2. The molecule has 3 aromatic rings. The van der Waals surface area contributed by atoms with E-state index < -0.39 is 17.6 Å². The summed E-state index contributed by atoms with van der Waals surface area (Å²) < 4.78 is 44.9. The molecular formula is C23H24F3N5O3. The molecule has 0 aliphatic heterocycles. The van der Waals surface area contributed by atoms with Gasteiger partial charge in [0, 0.05) is 24.8 Å². The number of aromatic nitrogens is 3. The number of halogens is 3. The van der Waals surface area contributed by atoms with Crippen LogP contribution in [0.3, 0.4) is 0 Å². The third-order valence-electron chi connectivity index (χ3n) is 4.92. The summed E-state index contributed by atoms with van der Waals surface area (Å²) >= 11 is 0. The molecule has 0 saturated carbocycles. The molecule has 180 valence electrons. The molecule has 0 atom stereocenters. The molecule has 2 amide bonds. The predicted octanol–water partition coefficient (Wildman–Crippen LogP) is 3.58. The van der Waals surface area contributed by atoms with Crippen LogP contribution in [0.1, 0.15) is 51.7 Å². The van der Waals surface area contributed by atoms with Gasteiger partial charge in [-0.05, 0) is 36.2 Å². The van der Waals surface area contributed by atoms with Gasteiger partial charge in [0.25, 0.3) is 11.8 Å². The Morgan fingerprint density at radius 3 is 2.35 bits per heavy atom. The standard InChI is InChI=1S/C23H24F3N5O3/c1-14(2)20-18(13-30-31(20)19-8-7-16(12-29-19)23(24,25)26)22(33)28-10-9-27-21(32)15-5-4-6-17(11-15)34-3/h4-8,11-14H,9-10H2,1-3H3,(H,27,32)(H,28,33). The molecule has 8 nitrogen and oxygen atoms in total. The Hall–Kier alpha value is -3.89. The monoisotopic (exact) mass is 475 g/mol. The fourth-order valence-electron chi connectivity index (χ4n) is 3.26. The molecule has 11 heteroatoms. The summed E-state index contributed by atoms with van der Waals surface area (Å²) in [5, 5.41) is 9.59. The number of nitrogens with one attached hydrogen (secondary N) is 2. The van der Waals surface area contributed by atoms with Crippen LogP contribution in [0.4, 0.5) is 13.2 Å². The van der Waals surface area contributed by atoms with E-state index in [1.165, 1.54) is 24.1 Å². The molecule has 1 aromatic carbocycles. The van der Waals surface area contributed by atoms with E-state index in [1.54, 1.807) is 24.3 Å². The highest BCUT2D eigenvalue weighted by Crippen LogP contribution is 2.29. The topological polar surface area (TPSA) is 98.1 Å². The molecule has 0 aliphatic carbocycles. The fourth-order valence-corrected chi connectivity index (χ4v) is 3.26. The van der Waals surface area contributed by atoms with Crippen LogP contribution < -0.4 is 15.4 Å². The van der Waals surface area contributed by atoms with Gasteiger partial charge in [-0.3, -0.25) is 9.59 Å². The maximum Gasteiger partial charge on any atom is 0.417 e. The fraction of sp³-hybridized carbons (Fsp3) is 0.304. The lowest BCUT2D eigenvalue weighted by atomic mass is 10.1. The number of carbonyl (C=O) groups is 2. The first-order valence-corrected chi connectivity index (χ1v) is 10.4. The van der Waals surface area contributed by atoms with Crippen molar-refractivity contribution in [1.29, 1.82) is 0 Å². The van der Waals surface area contributed by atoms with Gasteiger partial charge in [-0.25, -0.2) is 9.67 Å². The van der Waals surface area contributed by atoms with Crippen molar-refractivity contribution < 1.29 is 27.5 Å². The second kappa shape index (κ2) is 10.4. The number of ether oxygens (including phenoxy) is 1. The van der Waals surface area contributed by atoms with Crippen LogP contribution in [0.25, 0.3) is 5.82 Å². The van der Waals surface area contributed by atoms with Gasteiger partial charge < -0.3 is 15.4 Å². The van der Waals surface area contributed by atoms with E-state index in [1.807, 2.05) is 13.8 Å². The zero-order valence-corrected chi connectivity index (χ0v) is 18.8. The molecule has 2 heterocycles. The number of hydrogen-bond acceptors (Lipinski definition) is 5. The molecule has 34 heavy (non-hydrogen) atoms. The number of carbonyl (C=O) groups excluding carboxylic acids is 2. The molecule has 0 saturated heterocycles. The minimum absolute atomic E-state index is 0.162. The third kappa shape index (κ3) is 5.72. The van der Waals surface area contributed by atoms with Crippen LogP contribution in [0.2, 0.25) is 0 Å². The van der Waals surface area contributed by atoms with Gasteiger partial charge in [0.2, 0.25) is 0 Å². The lowest BCUT2D eigenvalue weighted by molar-refractivity contribution is -0.137. The first kappa shape index (κ1) is 24.7. The van der Waals surface area contributed by atoms with Gasteiger partial charge in [-0.15, -0.1) is 0 Å². The van der Waals surface area contributed by atoms with Crippen molar-refractivity contribution in [1.82, 2.24) is 25.4 Å². The lowest BCUT2D eigenvalue weighted by Gasteiger charge is -2.13. The predicted molar refractivity (Wildman–Crippen MR) is 118 cm³/mol. The zero-order chi connectivity index (χ0) is 24.9. The van der Waals surface area contributed by atoms with E-state index in [-0.39, 0.29) is 36.3 Å². The van der Waals surface area contributed by atoms with Crippen molar-refractivity contribution in [3.8, 4) is 11.6 Å². The van der Waals surface area contributed by atoms with Crippen molar-refractivity contribution in [2.45, 2.75) is 25.9 Å². The maximum atomic E-state index is 12.8. The van der Waals surface area contributed by atoms with Gasteiger partial charge in [0.1, 0.15) is 5.75 Å². The van der Waals surface area contributed by atoms with Gasteiger partial charge in [0.15, 0.2) is 5.82 Å². The van der Waals surface area contributed by atoms with Crippen LogP contribution in [0.15, 0.2) is 48.8 Å². The first-order chi connectivity index (χ1) is 16.1. The largest absolute Gasteiger partial charge is 0.497 e. The molecule has 0 unspecified atom stereocenters. The second-order valence-corrected chi connectivity index (χ2v) is 7.66. The van der Waals surface area contributed by atoms with Gasteiger partial charge >= 0.3 is 6.18 Å². The highest BCUT2D eigenvalue weighted by molar-refractivity contribution is 5.96. The van der Waals surface area contributed by atoms with E-state index in [4.69, 9.17) is 4.74 Å². The minimum atomic E-state index is -4.50. The van der Waals surface area contributed by atoms with Gasteiger partial charge in [0.05, 0.1) is 30.1 Å². The van der Waals surface area contributed by atoms with Crippen molar-refractivity contribution in [2.75, 3.05) is 20.2 Å².